The summed E-state index contributed by atoms with van der Waals surface area (Å²) >= 11 is 11.0. The Hall–Kier alpha value is -2.67. The van der Waals surface area contributed by atoms with Crippen molar-refractivity contribution in [2.24, 2.45) is 5.92 Å². The van der Waals surface area contributed by atoms with Gasteiger partial charge in [-0.1, -0.05) is 42.3 Å². The second-order valence-corrected chi connectivity index (χ2v) is 10.00. The lowest BCUT2D eigenvalue weighted by molar-refractivity contribution is -0.143. The minimum absolute atomic E-state index is 0.0640. The summed E-state index contributed by atoms with van der Waals surface area (Å²) < 4.78 is 148. The molecule has 0 amide bonds. The minimum Gasteiger partial charge on any atom is -0.300 e. The smallest absolute Gasteiger partial charge is 0.300 e. The number of alkyl halides is 9. The molecule has 0 saturated heterocycles. The first kappa shape index (κ1) is 34.5. The molecule has 0 bridgehead atoms. The predicted octanol–water partition coefficient (Wildman–Crippen LogP) is 10.3. The number of hydrogen-bond donors (Lipinski definition) is 0. The number of allylic oxidation sites excluding steroid dienone is 1. The molecule has 0 aliphatic heterocycles. The molecule has 2 atom stereocenters. The van der Waals surface area contributed by atoms with E-state index in [9.17, 15) is 57.9 Å². The monoisotopic (exact) mass is 642 g/mol. The normalized spacial score (nSPS) is 14.6. The third-order valence-electron chi connectivity index (χ3n) is 5.73. The summed E-state index contributed by atoms with van der Waals surface area (Å²) in [5.74, 6) is -8.78. The van der Waals surface area contributed by atoms with Crippen LogP contribution in [0.25, 0.3) is 5.83 Å². The van der Waals surface area contributed by atoms with Crippen LogP contribution in [0.4, 0.5) is 48.3 Å². The molecule has 2 rings (SSSR count). The molecule has 0 spiro atoms. The van der Waals surface area contributed by atoms with Gasteiger partial charge in [0.2, 0.25) is 0 Å². The fourth-order valence-electron chi connectivity index (χ4n) is 3.82. The second kappa shape index (κ2) is 13.1. The van der Waals surface area contributed by atoms with Gasteiger partial charge in [0.1, 0.15) is 17.5 Å². The number of rotatable bonds is 10. The van der Waals surface area contributed by atoms with Crippen molar-refractivity contribution >= 4 is 40.6 Å². The Kier molecular flexibility index (Phi) is 11.0. The summed E-state index contributed by atoms with van der Waals surface area (Å²) in [6, 6.07) is 2.35. The third kappa shape index (κ3) is 9.98. The summed E-state index contributed by atoms with van der Waals surface area (Å²) in [6.45, 7) is 1.26. The Bertz CT molecular complexity index is 1290. The van der Waals surface area contributed by atoms with Crippen LogP contribution >= 0.6 is 23.2 Å². The lowest BCUT2D eigenvalue weighted by Crippen LogP contribution is -2.19. The molecule has 0 aliphatic rings. The topological polar surface area (TPSA) is 34.1 Å². The van der Waals surface area contributed by atoms with Crippen LogP contribution in [0.2, 0.25) is 10.0 Å². The van der Waals surface area contributed by atoms with Crippen LogP contribution in [0.1, 0.15) is 65.6 Å². The Labute approximate surface area is 236 Å². The van der Waals surface area contributed by atoms with Gasteiger partial charge in [0.25, 0.3) is 0 Å². The van der Waals surface area contributed by atoms with Gasteiger partial charge >= 0.3 is 18.5 Å². The van der Waals surface area contributed by atoms with E-state index in [-0.39, 0.29) is 12.1 Å². The quantitative estimate of drug-likeness (QED) is 0.147. The Morgan fingerprint density at radius 1 is 0.902 bits per heavy atom. The van der Waals surface area contributed by atoms with Crippen LogP contribution in [0.15, 0.2) is 36.4 Å². The van der Waals surface area contributed by atoms with Gasteiger partial charge in [-0.3, -0.25) is 9.59 Å². The molecule has 0 radical (unpaired) electrons. The van der Waals surface area contributed by atoms with Crippen molar-refractivity contribution in [2.75, 3.05) is 0 Å². The van der Waals surface area contributed by atoms with E-state index in [1.807, 2.05) is 0 Å². The number of carbonyl (C=O) groups is 2. The Balaban J connectivity index is 2.39. The van der Waals surface area contributed by atoms with E-state index in [2.05, 4.69) is 0 Å². The van der Waals surface area contributed by atoms with E-state index in [4.69, 9.17) is 23.2 Å². The van der Waals surface area contributed by atoms with Crippen molar-refractivity contribution in [1.29, 1.82) is 0 Å². The third-order valence-corrected chi connectivity index (χ3v) is 6.28. The fourth-order valence-corrected chi connectivity index (χ4v) is 4.32. The zero-order chi connectivity index (χ0) is 31.5. The van der Waals surface area contributed by atoms with Crippen molar-refractivity contribution in [3.05, 3.63) is 74.5 Å². The largest absolute Gasteiger partial charge is 0.417 e. The molecule has 1 unspecified atom stereocenters. The van der Waals surface area contributed by atoms with E-state index in [0.717, 1.165) is 0 Å². The van der Waals surface area contributed by atoms with Crippen molar-refractivity contribution in [3.63, 3.8) is 0 Å². The average Bonchev–Trinajstić information content (AvgIpc) is 2.82. The van der Waals surface area contributed by atoms with Crippen molar-refractivity contribution in [1.82, 2.24) is 0 Å². The van der Waals surface area contributed by atoms with Gasteiger partial charge in [-0.2, -0.15) is 39.5 Å². The van der Waals surface area contributed by atoms with E-state index < -0.39 is 112 Å². The molecule has 226 valence electrons. The maximum Gasteiger partial charge on any atom is 0.417 e. The molecule has 0 heterocycles. The number of hydrogen-bond acceptors (Lipinski definition) is 2. The molecule has 0 fully saturated rings. The number of benzene rings is 2. The lowest BCUT2D eigenvalue weighted by Gasteiger charge is -2.19. The molecular formula is C26H19Cl2F11O2. The van der Waals surface area contributed by atoms with Crippen LogP contribution in [0.5, 0.6) is 0 Å². The molecule has 0 saturated carbocycles. The van der Waals surface area contributed by atoms with Gasteiger partial charge in [-0.05, 0) is 35.8 Å². The van der Waals surface area contributed by atoms with Crippen LogP contribution in [-0.2, 0) is 11.0 Å². The van der Waals surface area contributed by atoms with Gasteiger partial charge in [-0.25, -0.2) is 8.78 Å². The van der Waals surface area contributed by atoms with Gasteiger partial charge in [0.15, 0.2) is 11.6 Å². The fraction of sp³-hybridized carbons (Fsp3) is 0.385. The predicted molar refractivity (Wildman–Crippen MR) is 129 cm³/mol. The minimum atomic E-state index is -5.27. The molecule has 2 aromatic carbocycles. The second-order valence-electron chi connectivity index (χ2n) is 9.18. The van der Waals surface area contributed by atoms with Crippen LogP contribution in [-0.4, -0.2) is 23.9 Å². The SMILES string of the molecule is C[C@H](CC(=O)CCC(F)(F)F)CC(=O)c1ccc(/C(F)=C/C(c2cc(Cl)c(F)c(Cl)c2)C(F)(F)F)cc1C(F)(F)F. The lowest BCUT2D eigenvalue weighted by atomic mass is 9.91. The van der Waals surface area contributed by atoms with E-state index >= 15 is 0 Å². The van der Waals surface area contributed by atoms with Gasteiger partial charge in [0, 0.05) is 30.4 Å². The molecule has 0 N–H and O–H groups in total. The number of ketones is 2. The van der Waals surface area contributed by atoms with Crippen LogP contribution in [0.3, 0.4) is 0 Å². The summed E-state index contributed by atoms with van der Waals surface area (Å²) in [7, 11) is 0. The molecule has 2 aromatic rings. The highest BCUT2D eigenvalue weighted by molar-refractivity contribution is 6.35. The number of carbonyl (C=O) groups excluding carboxylic acids is 2. The maximum atomic E-state index is 14.9. The van der Waals surface area contributed by atoms with Gasteiger partial charge in [0.05, 0.1) is 22.0 Å². The molecule has 15 heteroatoms. The summed E-state index contributed by atoms with van der Waals surface area (Å²) in [4.78, 5) is 24.3. The highest BCUT2D eigenvalue weighted by atomic mass is 35.5. The summed E-state index contributed by atoms with van der Waals surface area (Å²) in [5.41, 5.74) is -4.44. The Morgan fingerprint density at radius 3 is 1.95 bits per heavy atom. The van der Waals surface area contributed by atoms with E-state index in [1.54, 1.807) is 0 Å². The van der Waals surface area contributed by atoms with Crippen LogP contribution < -0.4 is 0 Å². The summed E-state index contributed by atoms with van der Waals surface area (Å²) in [6.07, 6.45) is -18.6. The maximum absolute atomic E-state index is 14.9. The molecule has 2 nitrogen and oxygen atoms in total. The first-order valence-electron chi connectivity index (χ1n) is 11.5. The molecule has 41 heavy (non-hydrogen) atoms. The zero-order valence-corrected chi connectivity index (χ0v) is 22.2. The van der Waals surface area contributed by atoms with Crippen molar-refractivity contribution < 1.29 is 57.9 Å². The molecular weight excluding hydrogens is 624 g/mol. The van der Waals surface area contributed by atoms with Crippen molar-refractivity contribution in [3.8, 4) is 0 Å². The van der Waals surface area contributed by atoms with E-state index in [0.29, 0.717) is 24.3 Å². The van der Waals surface area contributed by atoms with Gasteiger partial charge in [-0.15, -0.1) is 0 Å². The average molecular weight is 643 g/mol. The number of halogens is 13. The number of Topliss-reactive ketones (excluding diaryl/α,β-unsaturated/α-hetero) is 2. The van der Waals surface area contributed by atoms with Crippen molar-refractivity contribution in [2.45, 2.75) is 57.1 Å². The first-order chi connectivity index (χ1) is 18.6. The molecule has 0 aliphatic carbocycles. The Morgan fingerprint density at radius 2 is 1.46 bits per heavy atom. The molecule has 0 aromatic heterocycles. The first-order valence-corrected chi connectivity index (χ1v) is 12.3. The van der Waals surface area contributed by atoms with Crippen LogP contribution in [0, 0.1) is 11.7 Å². The standard InChI is InChI=1S/C26H19Cl2F11O2/c1-12(6-15(40)4-5-24(31,32)33)7-22(41)16-3-2-13(8-18(16)26(37,38)39)21(29)11-17(25(34,35)36)14-9-19(27)23(30)20(28)10-14/h2-3,8-12,17H,4-7H2,1H3/b21-11-/t12-,17?/m1/s1. The highest BCUT2D eigenvalue weighted by Crippen LogP contribution is 2.42. The highest BCUT2D eigenvalue weighted by Gasteiger charge is 2.41. The zero-order valence-electron chi connectivity index (χ0n) is 20.7. The van der Waals surface area contributed by atoms with E-state index in [1.165, 1.54) is 6.92 Å². The van der Waals surface area contributed by atoms with Gasteiger partial charge < -0.3 is 0 Å². The summed E-state index contributed by atoms with van der Waals surface area (Å²) in [5, 5.41) is -1.62.